The molecule has 1 aromatic heterocycles. The Hall–Kier alpha value is -3.40. The van der Waals surface area contributed by atoms with E-state index in [1.807, 2.05) is 53.0 Å². The van der Waals surface area contributed by atoms with Gasteiger partial charge in [0.25, 0.3) is 15.7 Å². The fraction of sp³-hybridized carbons (Fsp3) is 0.611. The molecule has 3 N–H and O–H groups in total. The smallest absolute Gasteiger partial charge is 0.333 e. The van der Waals surface area contributed by atoms with Crippen LogP contribution in [0.2, 0.25) is 36.3 Å². The van der Waals surface area contributed by atoms with E-state index in [9.17, 15) is 27.6 Å². The molecule has 54 heavy (non-hydrogen) atoms. The van der Waals surface area contributed by atoms with Crippen LogP contribution in [0.15, 0.2) is 57.2 Å². The van der Waals surface area contributed by atoms with Crippen molar-refractivity contribution in [2.45, 2.75) is 135 Å². The summed E-state index contributed by atoms with van der Waals surface area (Å²) in [6.07, 6.45) is -2.61. The molecular weight excluding hydrogens is 753 g/mol. The first-order valence-corrected chi connectivity index (χ1v) is 25.2. The van der Waals surface area contributed by atoms with E-state index in [2.05, 4.69) is 26.1 Å². The number of nitrogens with one attached hydrogen (secondary N) is 1. The van der Waals surface area contributed by atoms with Crippen molar-refractivity contribution in [2.24, 2.45) is 5.73 Å². The average Bonchev–Trinajstić information content (AvgIpc) is 3.47. The number of benzene rings is 1. The molecule has 0 radical (unpaired) electrons. The zero-order valence-corrected chi connectivity index (χ0v) is 36.2. The highest BCUT2D eigenvalue weighted by molar-refractivity contribution is 7.90. The number of nitrogens with zero attached hydrogens (tertiary/aromatic N) is 2. The third kappa shape index (κ3) is 8.84. The van der Waals surface area contributed by atoms with Crippen LogP contribution in [0.5, 0.6) is 0 Å². The number of nitrogens with two attached hydrogens (primary N) is 1. The Balaban J connectivity index is 1.76. The number of amides is 1. The minimum absolute atomic E-state index is 0.00440. The fourth-order valence-corrected chi connectivity index (χ4v) is 9.14. The number of aryl methyl sites for hydroxylation is 1. The maximum Gasteiger partial charge on any atom is 0.333 e. The van der Waals surface area contributed by atoms with Crippen molar-refractivity contribution >= 4 is 38.6 Å². The average molecular weight is 809 g/mol. The summed E-state index contributed by atoms with van der Waals surface area (Å²) in [6.45, 7) is 22.1. The first kappa shape index (κ1) is 43.3. The van der Waals surface area contributed by atoms with Crippen LogP contribution in [0.4, 0.5) is 0 Å². The SMILES string of the molecule is Cc1cn([C@@H]2OC(CO[Si](C)(C)C(C)(C)C)C3(OS(=O)(=O)C=C3N)[C@H]2O[Si](C)(C)C(C)(C)C)c(=O)n(CC(=O)N[C@@H](C)C(=O)OCc2ccccc2)c1=O. The van der Waals surface area contributed by atoms with Gasteiger partial charge < -0.3 is 29.4 Å². The number of ether oxygens (including phenoxy) is 2. The van der Waals surface area contributed by atoms with E-state index in [1.54, 1.807) is 24.3 Å². The minimum atomic E-state index is -4.33. The summed E-state index contributed by atoms with van der Waals surface area (Å²) < 4.78 is 59.4. The zero-order valence-electron chi connectivity index (χ0n) is 33.3. The monoisotopic (exact) mass is 808 g/mol. The van der Waals surface area contributed by atoms with Crippen LogP contribution in [0.1, 0.15) is 65.8 Å². The molecule has 2 unspecified atom stereocenters. The lowest BCUT2D eigenvalue weighted by Crippen LogP contribution is -2.59. The molecule has 1 amide bonds. The number of carbonyl (C=O) groups is 2. The van der Waals surface area contributed by atoms with Gasteiger partial charge >= 0.3 is 11.7 Å². The van der Waals surface area contributed by atoms with Crippen LogP contribution < -0.4 is 22.3 Å². The van der Waals surface area contributed by atoms with Gasteiger partial charge in [0, 0.05) is 11.8 Å². The predicted octanol–water partition coefficient (Wildman–Crippen LogP) is 3.78. The molecule has 18 heteroatoms. The Morgan fingerprint density at radius 1 is 1.02 bits per heavy atom. The van der Waals surface area contributed by atoms with Crippen molar-refractivity contribution < 1.29 is 40.5 Å². The van der Waals surface area contributed by atoms with E-state index in [0.717, 1.165) is 20.1 Å². The van der Waals surface area contributed by atoms with Gasteiger partial charge in [-0.15, -0.1) is 0 Å². The van der Waals surface area contributed by atoms with Crippen LogP contribution in [-0.2, 0) is 55.4 Å². The van der Waals surface area contributed by atoms with E-state index in [1.165, 1.54) is 20.0 Å². The number of rotatable bonds is 12. The lowest BCUT2D eigenvalue weighted by molar-refractivity contribution is -0.148. The molecule has 4 rings (SSSR count). The van der Waals surface area contributed by atoms with Gasteiger partial charge in [-0.05, 0) is 55.7 Å². The summed E-state index contributed by atoms with van der Waals surface area (Å²) in [7, 11) is -9.63. The topological polar surface area (TPSA) is 196 Å². The van der Waals surface area contributed by atoms with Crippen molar-refractivity contribution in [3.8, 4) is 0 Å². The minimum Gasteiger partial charge on any atom is -0.459 e. The van der Waals surface area contributed by atoms with Crippen LogP contribution in [-0.4, -0.2) is 76.5 Å². The summed E-state index contributed by atoms with van der Waals surface area (Å²) in [5.74, 6) is -1.51. The number of hydrogen-bond donors (Lipinski definition) is 2. The Morgan fingerprint density at radius 2 is 1.61 bits per heavy atom. The van der Waals surface area contributed by atoms with E-state index < -0.39 is 91.5 Å². The molecule has 1 spiro atoms. The molecule has 2 aliphatic rings. The first-order valence-electron chi connectivity index (χ1n) is 17.9. The Labute approximate surface area is 319 Å². The van der Waals surface area contributed by atoms with Gasteiger partial charge in [0.05, 0.1) is 17.7 Å². The molecule has 0 bridgehead atoms. The normalized spacial score (nSPS) is 23.6. The lowest BCUT2D eigenvalue weighted by Gasteiger charge is -2.43. The lowest BCUT2D eigenvalue weighted by atomic mass is 9.89. The molecule has 5 atom stereocenters. The highest BCUT2D eigenvalue weighted by Crippen LogP contribution is 2.52. The number of aromatic nitrogens is 2. The molecule has 1 saturated heterocycles. The van der Waals surface area contributed by atoms with Gasteiger partial charge in [-0.2, -0.15) is 8.42 Å². The summed E-state index contributed by atoms with van der Waals surface area (Å²) in [5, 5.41) is 2.69. The molecule has 0 aliphatic carbocycles. The second kappa shape index (κ2) is 15.3. The van der Waals surface area contributed by atoms with Crippen molar-refractivity contribution in [1.82, 2.24) is 14.5 Å². The van der Waals surface area contributed by atoms with Gasteiger partial charge in [-0.1, -0.05) is 71.9 Å². The fourth-order valence-electron chi connectivity index (χ4n) is 5.64. The second-order valence-corrected chi connectivity index (χ2v) is 28.1. The van der Waals surface area contributed by atoms with Crippen molar-refractivity contribution in [2.75, 3.05) is 6.61 Å². The standard InChI is InChI=1S/C36H56N4O11SSi2/c1-23-18-40(33(44)39(30(23)42)19-28(41)38-24(2)32(43)47-20-25-16-14-13-15-17-25)31-29(50-54(11,12)35(6,7)8)36(26(37)22-52(45,46)51-36)27(49-31)21-48-53(9,10)34(3,4)5/h13-18,22,24,27,29,31H,19-21,37H2,1-12H3,(H,38,41)/t24-,27?,29-,31+,36?/m0/s1. The van der Waals surface area contributed by atoms with E-state index in [-0.39, 0.29) is 29.5 Å². The molecule has 2 aliphatic heterocycles. The van der Waals surface area contributed by atoms with Gasteiger partial charge in [-0.25, -0.2) is 13.8 Å². The van der Waals surface area contributed by atoms with Crippen LogP contribution >= 0.6 is 0 Å². The van der Waals surface area contributed by atoms with E-state index >= 15 is 0 Å². The summed E-state index contributed by atoms with van der Waals surface area (Å²) >= 11 is 0. The van der Waals surface area contributed by atoms with Crippen LogP contribution in [0.3, 0.4) is 0 Å². The molecule has 0 saturated carbocycles. The molecule has 3 heterocycles. The van der Waals surface area contributed by atoms with Gasteiger partial charge in [0.1, 0.15) is 31.4 Å². The van der Waals surface area contributed by atoms with Crippen LogP contribution in [0, 0.1) is 6.92 Å². The first-order chi connectivity index (χ1) is 24.6. The Kier molecular flexibility index (Phi) is 12.3. The van der Waals surface area contributed by atoms with E-state index in [4.69, 9.17) is 28.2 Å². The Morgan fingerprint density at radius 3 is 2.15 bits per heavy atom. The summed E-state index contributed by atoms with van der Waals surface area (Å²) in [5.41, 5.74) is 3.59. The van der Waals surface area contributed by atoms with Gasteiger partial charge in [0.15, 0.2) is 28.5 Å². The van der Waals surface area contributed by atoms with Crippen LogP contribution in [0.25, 0.3) is 0 Å². The molecule has 2 aromatic rings. The quantitative estimate of drug-likeness (QED) is 0.179. The molecular formula is C36H56N4O11SSi2. The molecule has 1 aromatic carbocycles. The molecule has 1 fully saturated rings. The maximum absolute atomic E-state index is 14.3. The summed E-state index contributed by atoms with van der Waals surface area (Å²) in [4.78, 5) is 53.7. The zero-order chi connectivity index (χ0) is 40.8. The van der Waals surface area contributed by atoms with Crippen molar-refractivity contribution in [3.05, 3.63) is 79.6 Å². The second-order valence-electron chi connectivity index (χ2n) is 17.1. The summed E-state index contributed by atoms with van der Waals surface area (Å²) in [6, 6.07) is 7.91. The highest BCUT2D eigenvalue weighted by Gasteiger charge is 2.67. The largest absolute Gasteiger partial charge is 0.459 e. The predicted molar refractivity (Wildman–Crippen MR) is 208 cm³/mol. The Bertz CT molecular complexity index is 2000. The molecule has 300 valence electrons. The van der Waals surface area contributed by atoms with Crippen molar-refractivity contribution in [1.29, 1.82) is 0 Å². The maximum atomic E-state index is 14.3. The van der Waals surface area contributed by atoms with Gasteiger partial charge in [-0.3, -0.25) is 18.7 Å². The van der Waals surface area contributed by atoms with Gasteiger partial charge in [0.2, 0.25) is 5.91 Å². The molecule has 15 nitrogen and oxygen atoms in total. The van der Waals surface area contributed by atoms with Crippen molar-refractivity contribution in [3.63, 3.8) is 0 Å². The third-order valence-electron chi connectivity index (χ3n) is 11.0. The highest BCUT2D eigenvalue weighted by atomic mass is 32.2. The van der Waals surface area contributed by atoms with E-state index in [0.29, 0.717) is 0 Å². The number of hydrogen-bond acceptors (Lipinski definition) is 12. The third-order valence-corrected chi connectivity index (χ3v) is 21.0. The number of esters is 1. The number of carbonyl (C=O) groups excluding carboxylic acids is 2.